The molecule has 7 aromatic carbocycles. The Morgan fingerprint density at radius 3 is 1.83 bits per heavy atom. The first-order chi connectivity index (χ1) is 23.8. The Kier molecular flexibility index (Phi) is 7.22. The summed E-state index contributed by atoms with van der Waals surface area (Å²) in [6, 6.07) is 59.7. The molecule has 9 rings (SSSR count). The highest BCUT2D eigenvalue weighted by atomic mass is 32.1. The summed E-state index contributed by atoms with van der Waals surface area (Å²) in [4.78, 5) is 3.93. The van der Waals surface area contributed by atoms with E-state index in [4.69, 9.17) is 0 Å². The minimum atomic E-state index is 1.11. The van der Waals surface area contributed by atoms with Crippen LogP contribution in [-0.4, -0.2) is 0 Å². The van der Waals surface area contributed by atoms with Crippen molar-refractivity contribution in [2.45, 2.75) is 12.8 Å². The molecule has 1 aliphatic rings. The third-order valence-electron chi connectivity index (χ3n) is 9.53. The highest BCUT2D eigenvalue weighted by Crippen LogP contribution is 2.48. The van der Waals surface area contributed by atoms with Crippen LogP contribution < -0.4 is 4.90 Å². The molecule has 0 atom stereocenters. The zero-order chi connectivity index (χ0) is 31.9. The van der Waals surface area contributed by atoms with Crippen molar-refractivity contribution in [1.82, 2.24) is 0 Å². The van der Waals surface area contributed by atoms with Crippen LogP contribution in [-0.2, 0) is 6.42 Å². The maximum absolute atomic E-state index is 2.45. The molecular formula is C46H33NS. The molecule has 1 heterocycles. The molecule has 1 nitrogen and oxygen atoms in total. The van der Waals surface area contributed by atoms with Crippen molar-refractivity contribution in [3.8, 4) is 33.4 Å². The van der Waals surface area contributed by atoms with Crippen LogP contribution in [0.1, 0.15) is 16.9 Å². The second-order valence-corrected chi connectivity index (χ2v) is 13.6. The number of aryl methyl sites for hydroxylation is 1. The lowest BCUT2D eigenvalue weighted by Gasteiger charge is -2.28. The number of hydrogen-bond donors (Lipinski definition) is 0. The third-order valence-corrected chi connectivity index (χ3v) is 10.8. The van der Waals surface area contributed by atoms with Gasteiger partial charge in [0, 0.05) is 31.9 Å². The number of rotatable bonds is 6. The summed E-state index contributed by atoms with van der Waals surface area (Å²) >= 11 is 1.95. The number of allylic oxidation sites excluding steroid dienone is 1. The molecular weight excluding hydrogens is 599 g/mol. The van der Waals surface area contributed by atoms with E-state index in [2.05, 4.69) is 181 Å². The summed E-state index contributed by atoms with van der Waals surface area (Å²) in [5, 5.41) is 3.87. The highest BCUT2D eigenvalue weighted by Gasteiger charge is 2.22. The van der Waals surface area contributed by atoms with Crippen LogP contribution in [0.15, 0.2) is 170 Å². The summed E-state index contributed by atoms with van der Waals surface area (Å²) in [5.74, 6) is 0. The van der Waals surface area contributed by atoms with Crippen molar-refractivity contribution >= 4 is 55.3 Å². The molecule has 0 unspecified atom stereocenters. The van der Waals surface area contributed by atoms with E-state index in [1.165, 1.54) is 70.4 Å². The molecule has 48 heavy (non-hydrogen) atoms. The number of fused-ring (bicyclic) bond motifs is 4. The molecule has 2 heteroatoms. The third kappa shape index (κ3) is 5.12. The molecule has 0 saturated heterocycles. The number of anilines is 3. The molecule has 0 spiro atoms. The van der Waals surface area contributed by atoms with Crippen LogP contribution in [0.2, 0.25) is 0 Å². The quantitative estimate of drug-likeness (QED) is 0.176. The zero-order valence-electron chi connectivity index (χ0n) is 26.5. The second-order valence-electron chi connectivity index (χ2n) is 12.4. The normalized spacial score (nSPS) is 12.3. The number of thiophene rings is 1. The molecule has 0 radical (unpaired) electrons. The molecule has 228 valence electrons. The van der Waals surface area contributed by atoms with Crippen LogP contribution >= 0.6 is 11.3 Å². The predicted molar refractivity (Wildman–Crippen MR) is 208 cm³/mol. The van der Waals surface area contributed by atoms with Crippen molar-refractivity contribution in [2.24, 2.45) is 0 Å². The topological polar surface area (TPSA) is 3.24 Å². The van der Waals surface area contributed by atoms with Crippen molar-refractivity contribution in [3.63, 3.8) is 0 Å². The minimum Gasteiger partial charge on any atom is -0.310 e. The number of benzene rings is 7. The average Bonchev–Trinajstić information content (AvgIpc) is 3.53. The standard InChI is InChI=1S/C46H33NS/c1-3-12-32(13-4-1)33-22-24-34(25-23-33)35-26-28-38(29-27-35)47(37-16-5-2-6-17-37)44-31-46-43(41-19-9-10-21-45(41)48-46)30-42(44)40-20-11-15-36-14-7-8-18-39(36)40/h1-9,11-20,22-31H,10,21H2. The Bertz CT molecular complexity index is 2410. The van der Waals surface area contributed by atoms with Crippen molar-refractivity contribution in [1.29, 1.82) is 0 Å². The van der Waals surface area contributed by atoms with E-state index in [0.29, 0.717) is 0 Å². The van der Waals surface area contributed by atoms with Crippen molar-refractivity contribution < 1.29 is 0 Å². The number of nitrogens with zero attached hydrogens (tertiary/aromatic N) is 1. The Hall–Kier alpha value is -5.70. The Morgan fingerprint density at radius 2 is 1.08 bits per heavy atom. The van der Waals surface area contributed by atoms with Gasteiger partial charge in [-0.3, -0.25) is 0 Å². The summed E-state index contributed by atoms with van der Waals surface area (Å²) < 4.78 is 1.33. The van der Waals surface area contributed by atoms with Crippen LogP contribution in [0.5, 0.6) is 0 Å². The lowest BCUT2D eigenvalue weighted by atomic mass is 9.93. The molecule has 8 aromatic rings. The van der Waals surface area contributed by atoms with Gasteiger partial charge in [0.15, 0.2) is 0 Å². The average molecular weight is 632 g/mol. The van der Waals surface area contributed by atoms with Crippen LogP contribution in [0.25, 0.3) is 60.3 Å². The van der Waals surface area contributed by atoms with E-state index in [1.807, 2.05) is 11.3 Å². The van der Waals surface area contributed by atoms with E-state index in [9.17, 15) is 0 Å². The molecule has 0 aliphatic heterocycles. The highest BCUT2D eigenvalue weighted by molar-refractivity contribution is 7.19. The molecule has 1 aliphatic carbocycles. The van der Waals surface area contributed by atoms with Gasteiger partial charge >= 0.3 is 0 Å². The van der Waals surface area contributed by atoms with E-state index < -0.39 is 0 Å². The fourth-order valence-electron chi connectivity index (χ4n) is 7.14. The molecule has 1 aromatic heterocycles. The first kappa shape index (κ1) is 28.5. The summed E-state index contributed by atoms with van der Waals surface area (Å²) in [5.41, 5.74) is 12.2. The monoisotopic (exact) mass is 631 g/mol. The van der Waals surface area contributed by atoms with Gasteiger partial charge in [0.1, 0.15) is 0 Å². The van der Waals surface area contributed by atoms with Gasteiger partial charge in [-0.15, -0.1) is 11.3 Å². The fourth-order valence-corrected chi connectivity index (χ4v) is 8.36. The minimum absolute atomic E-state index is 1.11. The predicted octanol–water partition coefficient (Wildman–Crippen LogP) is 13.5. The molecule has 0 saturated carbocycles. The second kappa shape index (κ2) is 12.2. The first-order valence-corrected chi connectivity index (χ1v) is 17.5. The molecule has 0 bridgehead atoms. The van der Waals surface area contributed by atoms with Gasteiger partial charge < -0.3 is 4.90 Å². The van der Waals surface area contributed by atoms with Gasteiger partial charge in [0.05, 0.1) is 5.69 Å². The summed E-state index contributed by atoms with van der Waals surface area (Å²) in [6.45, 7) is 0. The number of hydrogen-bond acceptors (Lipinski definition) is 2. The lowest BCUT2D eigenvalue weighted by molar-refractivity contribution is 1.02. The zero-order valence-corrected chi connectivity index (χ0v) is 27.3. The maximum atomic E-state index is 2.45. The van der Waals surface area contributed by atoms with E-state index in [0.717, 1.165) is 24.2 Å². The van der Waals surface area contributed by atoms with Gasteiger partial charge in [0.2, 0.25) is 0 Å². The SMILES string of the molecule is C1=Cc2c(sc3cc(N(c4ccccc4)c4ccc(-c5ccc(-c6ccccc6)cc5)cc4)c(-c4cccc5ccccc45)cc23)CC1. The molecule has 0 amide bonds. The first-order valence-electron chi connectivity index (χ1n) is 16.7. The lowest BCUT2D eigenvalue weighted by Crippen LogP contribution is -2.11. The van der Waals surface area contributed by atoms with Gasteiger partial charge in [0.25, 0.3) is 0 Å². The Labute approximate surface area is 285 Å². The smallest absolute Gasteiger partial charge is 0.0554 e. The summed E-state index contributed by atoms with van der Waals surface area (Å²) in [6.07, 6.45) is 6.89. The van der Waals surface area contributed by atoms with Gasteiger partial charge in [-0.25, -0.2) is 0 Å². The summed E-state index contributed by atoms with van der Waals surface area (Å²) in [7, 11) is 0. The Balaban J connectivity index is 1.21. The van der Waals surface area contributed by atoms with Crippen molar-refractivity contribution in [2.75, 3.05) is 4.90 Å². The van der Waals surface area contributed by atoms with Crippen LogP contribution in [0.4, 0.5) is 17.1 Å². The van der Waals surface area contributed by atoms with Gasteiger partial charge in [-0.2, -0.15) is 0 Å². The number of para-hydroxylation sites is 1. The van der Waals surface area contributed by atoms with Crippen molar-refractivity contribution in [3.05, 3.63) is 180 Å². The van der Waals surface area contributed by atoms with E-state index in [1.54, 1.807) is 0 Å². The van der Waals surface area contributed by atoms with E-state index >= 15 is 0 Å². The Morgan fingerprint density at radius 1 is 0.479 bits per heavy atom. The van der Waals surface area contributed by atoms with Gasteiger partial charge in [-0.1, -0.05) is 140 Å². The maximum Gasteiger partial charge on any atom is 0.0554 e. The molecule has 0 N–H and O–H groups in total. The molecule has 0 fully saturated rings. The van der Waals surface area contributed by atoms with Crippen LogP contribution in [0.3, 0.4) is 0 Å². The van der Waals surface area contributed by atoms with Crippen LogP contribution in [0, 0.1) is 0 Å². The van der Waals surface area contributed by atoms with E-state index in [-0.39, 0.29) is 0 Å². The largest absolute Gasteiger partial charge is 0.310 e. The van der Waals surface area contributed by atoms with Gasteiger partial charge in [-0.05, 0) is 93.4 Å². The fraction of sp³-hybridized carbons (Fsp3) is 0.0435.